The highest BCUT2D eigenvalue weighted by Gasteiger charge is 2.12. The van der Waals surface area contributed by atoms with Crippen LogP contribution in [-0.2, 0) is 6.42 Å². The average molecular weight is 203 g/mol. The van der Waals surface area contributed by atoms with Gasteiger partial charge in [-0.2, -0.15) is 0 Å². The molecule has 0 unspecified atom stereocenters. The van der Waals surface area contributed by atoms with E-state index in [2.05, 4.69) is 25.6 Å². The lowest BCUT2D eigenvalue weighted by Crippen LogP contribution is -2.09. The van der Waals surface area contributed by atoms with Crippen LogP contribution in [0, 0.1) is 12.0 Å². The van der Waals surface area contributed by atoms with Gasteiger partial charge in [0.05, 0.1) is 13.7 Å². The largest absolute Gasteiger partial charge is 0.498 e. The second-order valence-electron chi connectivity index (χ2n) is 4.89. The Balaban J connectivity index is 3.03. The lowest BCUT2D eigenvalue weighted by atomic mass is 9.88. The number of hydrogen-bond donors (Lipinski definition) is 0. The number of rotatable bonds is 2. The van der Waals surface area contributed by atoms with Crippen LogP contribution in [0.1, 0.15) is 26.3 Å². The quantitative estimate of drug-likeness (QED) is 0.666. The molecule has 0 aliphatic carbocycles. The molecule has 0 aliphatic heterocycles. The zero-order valence-electron chi connectivity index (χ0n) is 9.79. The Bertz CT molecular complexity index is 383. The Labute approximate surface area is 91.7 Å². The SMILES string of the molecule is [C-]#[N+]c1cc(CC(C)(C)C)cc(OC)c1. The van der Waals surface area contributed by atoms with Crippen molar-refractivity contribution in [3.05, 3.63) is 35.2 Å². The maximum absolute atomic E-state index is 7.01. The van der Waals surface area contributed by atoms with E-state index in [-0.39, 0.29) is 5.41 Å². The van der Waals surface area contributed by atoms with Gasteiger partial charge in [-0.1, -0.05) is 32.4 Å². The third-order valence-electron chi connectivity index (χ3n) is 2.05. The molecule has 15 heavy (non-hydrogen) atoms. The van der Waals surface area contributed by atoms with Gasteiger partial charge in [0.25, 0.3) is 0 Å². The minimum absolute atomic E-state index is 0.228. The fourth-order valence-corrected chi connectivity index (χ4v) is 1.54. The van der Waals surface area contributed by atoms with Gasteiger partial charge in [0.1, 0.15) is 5.75 Å². The maximum atomic E-state index is 7.01. The number of ether oxygens (including phenoxy) is 1. The number of hydrogen-bond acceptors (Lipinski definition) is 1. The van der Waals surface area contributed by atoms with Crippen LogP contribution in [-0.4, -0.2) is 7.11 Å². The third-order valence-corrected chi connectivity index (χ3v) is 2.05. The van der Waals surface area contributed by atoms with Gasteiger partial charge in [-0.25, -0.2) is 4.85 Å². The normalized spacial score (nSPS) is 10.9. The predicted octanol–water partition coefficient (Wildman–Crippen LogP) is 3.83. The minimum Gasteiger partial charge on any atom is -0.498 e. The van der Waals surface area contributed by atoms with Crippen molar-refractivity contribution in [2.24, 2.45) is 5.41 Å². The summed E-state index contributed by atoms with van der Waals surface area (Å²) in [5, 5.41) is 0. The van der Waals surface area contributed by atoms with Gasteiger partial charge in [-0.3, -0.25) is 0 Å². The number of benzene rings is 1. The van der Waals surface area contributed by atoms with E-state index in [9.17, 15) is 0 Å². The van der Waals surface area contributed by atoms with Gasteiger partial charge in [0.2, 0.25) is 0 Å². The Hall–Kier alpha value is -1.49. The summed E-state index contributed by atoms with van der Waals surface area (Å²) in [6, 6.07) is 5.69. The summed E-state index contributed by atoms with van der Waals surface area (Å²) in [5.74, 6) is 0.766. The van der Waals surface area contributed by atoms with E-state index in [0.29, 0.717) is 5.69 Å². The fraction of sp³-hybridized carbons (Fsp3) is 0.462. The Morgan fingerprint density at radius 3 is 2.40 bits per heavy atom. The van der Waals surface area contributed by atoms with Crippen LogP contribution in [0.25, 0.3) is 4.85 Å². The third kappa shape index (κ3) is 3.63. The average Bonchev–Trinajstić information content (AvgIpc) is 2.14. The molecule has 1 aromatic rings. The molecule has 0 saturated carbocycles. The molecular formula is C13H17NO. The molecular weight excluding hydrogens is 186 g/mol. The van der Waals surface area contributed by atoms with Gasteiger partial charge >= 0.3 is 0 Å². The van der Waals surface area contributed by atoms with Gasteiger partial charge in [-0.15, -0.1) is 0 Å². The molecule has 2 nitrogen and oxygen atoms in total. The van der Waals surface area contributed by atoms with E-state index in [1.807, 2.05) is 12.1 Å². The molecule has 0 amide bonds. The summed E-state index contributed by atoms with van der Waals surface area (Å²) in [7, 11) is 1.63. The Kier molecular flexibility index (Phi) is 3.36. The lowest BCUT2D eigenvalue weighted by molar-refractivity contribution is 0.402. The van der Waals surface area contributed by atoms with Crippen LogP contribution >= 0.6 is 0 Å². The first-order valence-corrected chi connectivity index (χ1v) is 5.00. The molecule has 0 heterocycles. The summed E-state index contributed by atoms with van der Waals surface area (Å²) < 4.78 is 5.17. The molecule has 2 heteroatoms. The van der Waals surface area contributed by atoms with Crippen LogP contribution in [0.2, 0.25) is 0 Å². The van der Waals surface area contributed by atoms with Crippen molar-refractivity contribution >= 4 is 5.69 Å². The highest BCUT2D eigenvalue weighted by molar-refractivity contribution is 5.52. The highest BCUT2D eigenvalue weighted by Crippen LogP contribution is 2.28. The first kappa shape index (κ1) is 11.6. The zero-order chi connectivity index (χ0) is 11.5. The minimum atomic E-state index is 0.228. The molecule has 1 rings (SSSR count). The second kappa shape index (κ2) is 4.35. The molecule has 0 radical (unpaired) electrons. The number of nitrogens with zero attached hydrogens (tertiary/aromatic N) is 1. The molecule has 0 atom stereocenters. The summed E-state index contributed by atoms with van der Waals surface area (Å²) in [6.45, 7) is 13.6. The van der Waals surface area contributed by atoms with Gasteiger partial charge in [-0.05, 0) is 24.0 Å². The van der Waals surface area contributed by atoms with Gasteiger partial charge in [0, 0.05) is 0 Å². The van der Waals surface area contributed by atoms with Crippen LogP contribution in [0.3, 0.4) is 0 Å². The van der Waals surface area contributed by atoms with Crippen LogP contribution in [0.4, 0.5) is 5.69 Å². The van der Waals surface area contributed by atoms with Crippen LogP contribution in [0.5, 0.6) is 5.75 Å². The first-order valence-electron chi connectivity index (χ1n) is 5.00. The van der Waals surface area contributed by atoms with Crippen molar-refractivity contribution in [3.8, 4) is 5.75 Å². The van der Waals surface area contributed by atoms with E-state index in [4.69, 9.17) is 11.3 Å². The summed E-state index contributed by atoms with van der Waals surface area (Å²) in [4.78, 5) is 3.44. The second-order valence-corrected chi connectivity index (χ2v) is 4.89. The molecule has 80 valence electrons. The standard InChI is InChI=1S/C13H17NO/c1-13(2,3)9-10-6-11(14-4)8-12(7-10)15-5/h6-8H,9H2,1-3,5H3. The monoisotopic (exact) mass is 203 g/mol. The highest BCUT2D eigenvalue weighted by atomic mass is 16.5. The van der Waals surface area contributed by atoms with E-state index in [0.717, 1.165) is 17.7 Å². The van der Waals surface area contributed by atoms with E-state index < -0.39 is 0 Å². The molecule has 0 saturated heterocycles. The molecule has 1 aromatic carbocycles. The molecule has 0 aromatic heterocycles. The van der Waals surface area contributed by atoms with Gasteiger partial charge in [0.15, 0.2) is 5.69 Å². The predicted molar refractivity (Wildman–Crippen MR) is 62.4 cm³/mol. The molecule has 0 bridgehead atoms. The van der Waals surface area contributed by atoms with Gasteiger partial charge < -0.3 is 4.74 Å². The van der Waals surface area contributed by atoms with E-state index >= 15 is 0 Å². The smallest absolute Gasteiger partial charge is 0.191 e. The zero-order valence-corrected chi connectivity index (χ0v) is 9.79. The van der Waals surface area contributed by atoms with Crippen molar-refractivity contribution in [1.29, 1.82) is 0 Å². The van der Waals surface area contributed by atoms with Crippen molar-refractivity contribution in [1.82, 2.24) is 0 Å². The lowest BCUT2D eigenvalue weighted by Gasteiger charge is -2.18. The van der Waals surface area contributed by atoms with E-state index in [1.165, 1.54) is 0 Å². The summed E-state index contributed by atoms with van der Waals surface area (Å²) >= 11 is 0. The van der Waals surface area contributed by atoms with Crippen molar-refractivity contribution in [2.45, 2.75) is 27.2 Å². The molecule has 0 spiro atoms. The molecule has 0 N–H and O–H groups in total. The topological polar surface area (TPSA) is 13.6 Å². The van der Waals surface area contributed by atoms with Crippen molar-refractivity contribution in [2.75, 3.05) is 7.11 Å². The maximum Gasteiger partial charge on any atom is 0.191 e. The van der Waals surface area contributed by atoms with E-state index in [1.54, 1.807) is 13.2 Å². The first-order chi connectivity index (χ1) is 6.94. The van der Waals surface area contributed by atoms with Crippen LogP contribution in [0.15, 0.2) is 18.2 Å². The van der Waals surface area contributed by atoms with Crippen molar-refractivity contribution < 1.29 is 4.74 Å². The number of methoxy groups -OCH3 is 1. The molecule has 0 fully saturated rings. The van der Waals surface area contributed by atoms with Crippen LogP contribution < -0.4 is 4.74 Å². The summed E-state index contributed by atoms with van der Waals surface area (Å²) in [6.07, 6.45) is 0.951. The fourth-order valence-electron chi connectivity index (χ4n) is 1.54. The summed E-state index contributed by atoms with van der Waals surface area (Å²) in [5.41, 5.74) is 2.03. The Morgan fingerprint density at radius 2 is 1.93 bits per heavy atom. The molecule has 0 aliphatic rings. The van der Waals surface area contributed by atoms with Crippen molar-refractivity contribution in [3.63, 3.8) is 0 Å². The Morgan fingerprint density at radius 1 is 1.27 bits per heavy atom.